The van der Waals surface area contributed by atoms with Gasteiger partial charge in [0.05, 0.1) is 0 Å². The van der Waals surface area contributed by atoms with Gasteiger partial charge in [-0.2, -0.15) is 0 Å². The van der Waals surface area contributed by atoms with Crippen molar-refractivity contribution < 1.29 is 4.39 Å². The van der Waals surface area contributed by atoms with Crippen LogP contribution in [0.2, 0.25) is 0 Å². The van der Waals surface area contributed by atoms with Crippen molar-refractivity contribution in [1.82, 2.24) is 9.80 Å². The van der Waals surface area contributed by atoms with Crippen molar-refractivity contribution in [3.05, 3.63) is 0 Å². The Morgan fingerprint density at radius 1 is 1.14 bits per heavy atom. The molecule has 0 saturated carbocycles. The van der Waals surface area contributed by atoms with Crippen LogP contribution in [-0.4, -0.2) is 54.7 Å². The Morgan fingerprint density at radius 2 is 1.86 bits per heavy atom. The van der Waals surface area contributed by atoms with Crippen LogP contribution >= 0.6 is 0 Å². The number of halogens is 1. The third kappa shape index (κ3) is 2.26. The van der Waals surface area contributed by atoms with Gasteiger partial charge in [-0.1, -0.05) is 6.92 Å². The molecule has 2 rings (SSSR count). The fraction of sp³-hybridized carbons (Fsp3) is 1.00. The lowest BCUT2D eigenvalue weighted by molar-refractivity contribution is 0.125. The molecule has 14 heavy (non-hydrogen) atoms. The molecule has 1 atom stereocenters. The van der Waals surface area contributed by atoms with E-state index in [-0.39, 0.29) is 0 Å². The van der Waals surface area contributed by atoms with E-state index < -0.39 is 6.17 Å². The lowest BCUT2D eigenvalue weighted by Crippen LogP contribution is -2.44. The molecule has 82 valence electrons. The number of hydrogen-bond acceptors (Lipinski definition) is 2. The maximum absolute atomic E-state index is 13.0. The van der Waals surface area contributed by atoms with Gasteiger partial charge in [0.15, 0.2) is 0 Å². The van der Waals surface area contributed by atoms with E-state index in [1.165, 1.54) is 32.5 Å². The van der Waals surface area contributed by atoms with Gasteiger partial charge in [0, 0.05) is 19.1 Å². The molecule has 0 spiro atoms. The summed E-state index contributed by atoms with van der Waals surface area (Å²) in [7, 11) is 0. The molecule has 2 nitrogen and oxygen atoms in total. The second-order valence-electron chi connectivity index (χ2n) is 4.55. The number of alkyl halides is 1. The SMILES string of the molecule is CCN1CCC(N2CCC(F)C2)CC1. The van der Waals surface area contributed by atoms with E-state index in [0.29, 0.717) is 12.6 Å². The molecule has 2 aliphatic heterocycles. The summed E-state index contributed by atoms with van der Waals surface area (Å²) in [4.78, 5) is 4.84. The molecule has 0 amide bonds. The largest absolute Gasteiger partial charge is 0.303 e. The number of rotatable bonds is 2. The van der Waals surface area contributed by atoms with Crippen molar-refractivity contribution in [2.75, 3.05) is 32.7 Å². The normalized spacial score (nSPS) is 32.6. The molecule has 1 unspecified atom stereocenters. The van der Waals surface area contributed by atoms with Crippen molar-refractivity contribution in [1.29, 1.82) is 0 Å². The van der Waals surface area contributed by atoms with E-state index in [0.717, 1.165) is 13.0 Å². The highest BCUT2D eigenvalue weighted by Gasteiger charge is 2.29. The van der Waals surface area contributed by atoms with Gasteiger partial charge in [-0.25, -0.2) is 4.39 Å². The van der Waals surface area contributed by atoms with Gasteiger partial charge in [0.1, 0.15) is 6.17 Å². The Bertz CT molecular complexity index is 178. The molecule has 0 aromatic heterocycles. The molecule has 0 aromatic carbocycles. The third-order valence-corrected chi connectivity index (χ3v) is 3.68. The topological polar surface area (TPSA) is 6.48 Å². The fourth-order valence-corrected chi connectivity index (χ4v) is 2.68. The number of likely N-dealkylation sites (tertiary alicyclic amines) is 2. The fourth-order valence-electron chi connectivity index (χ4n) is 2.68. The molecule has 0 radical (unpaired) electrons. The highest BCUT2D eigenvalue weighted by Crippen LogP contribution is 2.22. The van der Waals surface area contributed by atoms with E-state index in [4.69, 9.17) is 0 Å². The van der Waals surface area contributed by atoms with Crippen LogP contribution in [0.4, 0.5) is 4.39 Å². The average Bonchev–Trinajstić information content (AvgIpc) is 2.65. The zero-order chi connectivity index (χ0) is 9.97. The lowest BCUT2D eigenvalue weighted by atomic mass is 10.0. The van der Waals surface area contributed by atoms with E-state index in [1.807, 2.05) is 0 Å². The Hall–Kier alpha value is -0.150. The van der Waals surface area contributed by atoms with E-state index in [9.17, 15) is 4.39 Å². The lowest BCUT2D eigenvalue weighted by Gasteiger charge is -2.36. The predicted molar refractivity (Wildman–Crippen MR) is 56.2 cm³/mol. The van der Waals surface area contributed by atoms with Crippen LogP contribution in [-0.2, 0) is 0 Å². The molecule has 2 saturated heterocycles. The van der Waals surface area contributed by atoms with E-state index >= 15 is 0 Å². The molecule has 2 heterocycles. The number of piperidine rings is 1. The predicted octanol–water partition coefficient (Wildman–Crippen LogP) is 1.51. The summed E-state index contributed by atoms with van der Waals surface area (Å²) in [5.41, 5.74) is 0. The summed E-state index contributed by atoms with van der Waals surface area (Å²) in [5.74, 6) is 0. The van der Waals surface area contributed by atoms with Crippen LogP contribution in [0.15, 0.2) is 0 Å². The molecule has 3 heteroatoms. The maximum atomic E-state index is 13.0. The first-order valence-electron chi connectivity index (χ1n) is 5.90. The minimum atomic E-state index is -0.556. The van der Waals surface area contributed by atoms with Gasteiger partial charge in [-0.15, -0.1) is 0 Å². The summed E-state index contributed by atoms with van der Waals surface area (Å²) in [6.45, 7) is 7.46. The van der Waals surface area contributed by atoms with Gasteiger partial charge in [0.2, 0.25) is 0 Å². The van der Waals surface area contributed by atoms with Crippen LogP contribution in [0.25, 0.3) is 0 Å². The van der Waals surface area contributed by atoms with Gasteiger partial charge in [0.25, 0.3) is 0 Å². The van der Waals surface area contributed by atoms with Crippen molar-refractivity contribution in [2.24, 2.45) is 0 Å². The quantitative estimate of drug-likeness (QED) is 0.667. The summed E-state index contributed by atoms with van der Waals surface area (Å²) < 4.78 is 13.0. The van der Waals surface area contributed by atoms with Gasteiger partial charge in [-0.05, 0) is 38.9 Å². The van der Waals surface area contributed by atoms with Crippen molar-refractivity contribution >= 4 is 0 Å². The van der Waals surface area contributed by atoms with E-state index in [2.05, 4.69) is 16.7 Å². The van der Waals surface area contributed by atoms with Crippen molar-refractivity contribution in [3.8, 4) is 0 Å². The monoisotopic (exact) mass is 200 g/mol. The molecule has 0 N–H and O–H groups in total. The first-order valence-corrected chi connectivity index (χ1v) is 5.90. The average molecular weight is 200 g/mol. The zero-order valence-corrected chi connectivity index (χ0v) is 9.08. The van der Waals surface area contributed by atoms with Crippen LogP contribution in [0.1, 0.15) is 26.2 Å². The Morgan fingerprint density at radius 3 is 2.36 bits per heavy atom. The zero-order valence-electron chi connectivity index (χ0n) is 9.08. The summed E-state index contributed by atoms with van der Waals surface area (Å²) in [6, 6.07) is 0.665. The molecular weight excluding hydrogens is 179 g/mol. The number of nitrogens with zero attached hydrogens (tertiary/aromatic N) is 2. The molecule has 2 aliphatic rings. The summed E-state index contributed by atoms with van der Waals surface area (Å²) in [6.07, 6.45) is 2.67. The highest BCUT2D eigenvalue weighted by atomic mass is 19.1. The first kappa shape index (κ1) is 10.4. The molecule has 0 aromatic rings. The minimum absolute atomic E-state index is 0.556. The maximum Gasteiger partial charge on any atom is 0.114 e. The van der Waals surface area contributed by atoms with Crippen molar-refractivity contribution in [2.45, 2.75) is 38.4 Å². The molecule has 0 aliphatic carbocycles. The Kier molecular flexibility index (Phi) is 3.39. The minimum Gasteiger partial charge on any atom is -0.303 e. The van der Waals surface area contributed by atoms with Gasteiger partial charge >= 0.3 is 0 Å². The molecule has 2 fully saturated rings. The van der Waals surface area contributed by atoms with Crippen molar-refractivity contribution in [3.63, 3.8) is 0 Å². The Labute approximate surface area is 86.1 Å². The summed E-state index contributed by atoms with van der Waals surface area (Å²) >= 11 is 0. The first-order chi connectivity index (χ1) is 6.79. The smallest absolute Gasteiger partial charge is 0.114 e. The second-order valence-corrected chi connectivity index (χ2v) is 4.55. The second kappa shape index (κ2) is 4.58. The number of hydrogen-bond donors (Lipinski definition) is 0. The van der Waals surface area contributed by atoms with Crippen LogP contribution in [0, 0.1) is 0 Å². The standard InChI is InChI=1S/C11H21FN2/c1-2-13-6-4-11(5-7-13)14-8-3-10(12)9-14/h10-11H,2-9H2,1H3. The van der Waals surface area contributed by atoms with E-state index in [1.54, 1.807) is 0 Å². The van der Waals surface area contributed by atoms with Gasteiger partial charge < -0.3 is 4.90 Å². The van der Waals surface area contributed by atoms with Crippen LogP contribution in [0.3, 0.4) is 0 Å². The summed E-state index contributed by atoms with van der Waals surface area (Å²) in [5, 5.41) is 0. The van der Waals surface area contributed by atoms with Gasteiger partial charge in [-0.3, -0.25) is 4.90 Å². The molecule has 0 bridgehead atoms. The third-order valence-electron chi connectivity index (χ3n) is 3.68. The Balaban J connectivity index is 1.78. The van der Waals surface area contributed by atoms with Crippen LogP contribution < -0.4 is 0 Å². The van der Waals surface area contributed by atoms with Crippen LogP contribution in [0.5, 0.6) is 0 Å². The highest BCUT2D eigenvalue weighted by molar-refractivity contribution is 4.85. The molecular formula is C11H21FN2.